The SMILES string of the molecule is Cl.N[C@H](c1cc(F)cc(F)c1)C1CCCCC1. The normalized spacial score (nSPS) is 18.5. The molecule has 1 aromatic carbocycles. The lowest BCUT2D eigenvalue weighted by atomic mass is 9.81. The molecule has 0 bridgehead atoms. The van der Waals surface area contributed by atoms with Crippen LogP contribution in [0.15, 0.2) is 18.2 Å². The average Bonchev–Trinajstić information content (AvgIpc) is 2.28. The van der Waals surface area contributed by atoms with Crippen LogP contribution in [0, 0.1) is 17.6 Å². The highest BCUT2D eigenvalue weighted by Gasteiger charge is 2.22. The molecule has 0 saturated heterocycles. The Labute approximate surface area is 107 Å². The smallest absolute Gasteiger partial charge is 0.126 e. The summed E-state index contributed by atoms with van der Waals surface area (Å²) in [7, 11) is 0. The van der Waals surface area contributed by atoms with Gasteiger partial charge in [-0.15, -0.1) is 12.4 Å². The number of hydrogen-bond acceptors (Lipinski definition) is 1. The molecule has 0 heterocycles. The highest BCUT2D eigenvalue weighted by molar-refractivity contribution is 5.85. The Kier molecular flexibility index (Phi) is 5.34. The summed E-state index contributed by atoms with van der Waals surface area (Å²) < 4.78 is 26.1. The molecule has 96 valence electrons. The van der Waals surface area contributed by atoms with Crippen LogP contribution in [0.5, 0.6) is 0 Å². The summed E-state index contributed by atoms with van der Waals surface area (Å²) in [6, 6.07) is 3.35. The summed E-state index contributed by atoms with van der Waals surface area (Å²) in [4.78, 5) is 0. The van der Waals surface area contributed by atoms with Crippen LogP contribution in [0.1, 0.15) is 43.7 Å². The average molecular weight is 262 g/mol. The Bertz CT molecular complexity index is 344. The molecule has 1 nitrogen and oxygen atoms in total. The van der Waals surface area contributed by atoms with Gasteiger partial charge in [0, 0.05) is 12.1 Å². The minimum atomic E-state index is -0.541. The minimum absolute atomic E-state index is 0. The molecule has 2 rings (SSSR count). The zero-order chi connectivity index (χ0) is 11.5. The highest BCUT2D eigenvalue weighted by atomic mass is 35.5. The molecule has 17 heavy (non-hydrogen) atoms. The summed E-state index contributed by atoms with van der Waals surface area (Å²) in [6.45, 7) is 0. The van der Waals surface area contributed by atoms with Crippen molar-refractivity contribution >= 4 is 12.4 Å². The predicted molar refractivity (Wildman–Crippen MR) is 67.1 cm³/mol. The van der Waals surface area contributed by atoms with Gasteiger partial charge in [0.25, 0.3) is 0 Å². The number of halogens is 3. The predicted octanol–water partition coefficient (Wildman–Crippen LogP) is 3.97. The van der Waals surface area contributed by atoms with Crippen LogP contribution in [-0.2, 0) is 0 Å². The van der Waals surface area contributed by atoms with Crippen molar-refractivity contribution in [2.24, 2.45) is 11.7 Å². The third-order valence-electron chi connectivity index (χ3n) is 3.43. The second-order valence-corrected chi connectivity index (χ2v) is 4.63. The molecule has 1 atom stereocenters. The summed E-state index contributed by atoms with van der Waals surface area (Å²) in [5, 5.41) is 0. The Morgan fingerprint density at radius 1 is 1.00 bits per heavy atom. The molecule has 1 aliphatic rings. The van der Waals surface area contributed by atoms with E-state index in [1.165, 1.54) is 31.4 Å². The lowest BCUT2D eigenvalue weighted by Gasteiger charge is -2.27. The van der Waals surface area contributed by atoms with E-state index >= 15 is 0 Å². The van der Waals surface area contributed by atoms with Gasteiger partial charge in [0.15, 0.2) is 0 Å². The molecule has 1 aliphatic carbocycles. The summed E-state index contributed by atoms with van der Waals surface area (Å²) in [5.74, 6) is -0.711. The molecule has 0 aliphatic heterocycles. The van der Waals surface area contributed by atoms with Crippen molar-refractivity contribution in [2.45, 2.75) is 38.1 Å². The molecule has 0 radical (unpaired) electrons. The van der Waals surface area contributed by atoms with Crippen LogP contribution in [0.4, 0.5) is 8.78 Å². The highest BCUT2D eigenvalue weighted by Crippen LogP contribution is 2.33. The van der Waals surface area contributed by atoms with Crippen molar-refractivity contribution in [3.8, 4) is 0 Å². The largest absolute Gasteiger partial charge is 0.324 e. The zero-order valence-corrected chi connectivity index (χ0v) is 10.5. The maximum absolute atomic E-state index is 13.1. The molecule has 4 heteroatoms. The van der Waals surface area contributed by atoms with Crippen LogP contribution < -0.4 is 5.73 Å². The molecule has 0 amide bonds. The van der Waals surface area contributed by atoms with E-state index in [1.54, 1.807) is 0 Å². The third-order valence-corrected chi connectivity index (χ3v) is 3.43. The van der Waals surface area contributed by atoms with Gasteiger partial charge in [0.1, 0.15) is 11.6 Å². The fraction of sp³-hybridized carbons (Fsp3) is 0.538. The van der Waals surface area contributed by atoms with E-state index in [9.17, 15) is 8.78 Å². The van der Waals surface area contributed by atoms with E-state index < -0.39 is 11.6 Å². The van der Waals surface area contributed by atoms with Gasteiger partial charge < -0.3 is 5.73 Å². The second kappa shape index (κ2) is 6.31. The van der Waals surface area contributed by atoms with Gasteiger partial charge in [-0.05, 0) is 36.5 Å². The van der Waals surface area contributed by atoms with Gasteiger partial charge >= 0.3 is 0 Å². The first-order chi connectivity index (χ1) is 7.66. The summed E-state index contributed by atoms with van der Waals surface area (Å²) in [6.07, 6.45) is 5.74. The van der Waals surface area contributed by atoms with E-state index in [0.29, 0.717) is 11.5 Å². The van der Waals surface area contributed by atoms with E-state index in [-0.39, 0.29) is 18.4 Å². The quantitative estimate of drug-likeness (QED) is 0.857. The van der Waals surface area contributed by atoms with Crippen molar-refractivity contribution in [2.75, 3.05) is 0 Å². The first-order valence-electron chi connectivity index (χ1n) is 5.88. The molecule has 1 aromatic rings. The third kappa shape index (κ3) is 3.65. The number of nitrogens with two attached hydrogens (primary N) is 1. The maximum atomic E-state index is 13.1. The first-order valence-corrected chi connectivity index (χ1v) is 5.88. The van der Waals surface area contributed by atoms with Crippen LogP contribution >= 0.6 is 12.4 Å². The fourth-order valence-electron chi connectivity index (χ4n) is 2.53. The Morgan fingerprint density at radius 3 is 2.06 bits per heavy atom. The van der Waals surface area contributed by atoms with Crippen LogP contribution in [0.25, 0.3) is 0 Å². The number of rotatable bonds is 2. The number of hydrogen-bond donors (Lipinski definition) is 1. The molecule has 0 spiro atoms. The van der Waals surface area contributed by atoms with E-state index in [0.717, 1.165) is 18.9 Å². The Morgan fingerprint density at radius 2 is 1.53 bits per heavy atom. The molecule has 1 fully saturated rings. The lowest BCUT2D eigenvalue weighted by molar-refractivity contribution is 0.307. The van der Waals surface area contributed by atoms with Gasteiger partial charge in [-0.1, -0.05) is 19.3 Å². The van der Waals surface area contributed by atoms with Gasteiger partial charge in [-0.2, -0.15) is 0 Å². The monoisotopic (exact) mass is 261 g/mol. The Balaban J connectivity index is 0.00000144. The van der Waals surface area contributed by atoms with Crippen molar-refractivity contribution in [1.82, 2.24) is 0 Å². The summed E-state index contributed by atoms with van der Waals surface area (Å²) in [5.41, 5.74) is 6.66. The van der Waals surface area contributed by atoms with Crippen molar-refractivity contribution in [3.05, 3.63) is 35.4 Å². The summed E-state index contributed by atoms with van der Waals surface area (Å²) >= 11 is 0. The first kappa shape index (κ1) is 14.4. The van der Waals surface area contributed by atoms with Crippen LogP contribution in [0.3, 0.4) is 0 Å². The second-order valence-electron chi connectivity index (χ2n) is 4.63. The standard InChI is InChI=1S/C13H17F2N.ClH/c14-11-6-10(7-12(15)8-11)13(16)9-4-2-1-3-5-9;/h6-9,13H,1-5,16H2;1H/t13-;/m0./s1. The minimum Gasteiger partial charge on any atom is -0.324 e. The van der Waals surface area contributed by atoms with Gasteiger partial charge in [0.2, 0.25) is 0 Å². The fourth-order valence-corrected chi connectivity index (χ4v) is 2.53. The Hall–Kier alpha value is -0.670. The molecular formula is C13H18ClF2N. The van der Waals surface area contributed by atoms with Gasteiger partial charge in [-0.25, -0.2) is 8.78 Å². The van der Waals surface area contributed by atoms with E-state index in [2.05, 4.69) is 0 Å². The van der Waals surface area contributed by atoms with E-state index in [4.69, 9.17) is 5.73 Å². The number of benzene rings is 1. The van der Waals surface area contributed by atoms with Gasteiger partial charge in [0.05, 0.1) is 0 Å². The lowest BCUT2D eigenvalue weighted by Crippen LogP contribution is -2.23. The van der Waals surface area contributed by atoms with Crippen LogP contribution in [0.2, 0.25) is 0 Å². The van der Waals surface area contributed by atoms with E-state index in [1.807, 2.05) is 0 Å². The van der Waals surface area contributed by atoms with Crippen molar-refractivity contribution < 1.29 is 8.78 Å². The molecule has 1 saturated carbocycles. The topological polar surface area (TPSA) is 26.0 Å². The van der Waals surface area contributed by atoms with Crippen LogP contribution in [-0.4, -0.2) is 0 Å². The maximum Gasteiger partial charge on any atom is 0.126 e. The van der Waals surface area contributed by atoms with Crippen molar-refractivity contribution in [1.29, 1.82) is 0 Å². The zero-order valence-electron chi connectivity index (χ0n) is 9.66. The van der Waals surface area contributed by atoms with Crippen molar-refractivity contribution in [3.63, 3.8) is 0 Å². The van der Waals surface area contributed by atoms with Gasteiger partial charge in [-0.3, -0.25) is 0 Å². The molecule has 0 unspecified atom stereocenters. The molecule has 2 N–H and O–H groups in total. The molecular weight excluding hydrogens is 244 g/mol. The molecule has 0 aromatic heterocycles.